The van der Waals surface area contributed by atoms with Gasteiger partial charge in [0.15, 0.2) is 0 Å². The number of anilines is 1. The number of nitrogens with zero attached hydrogens (tertiary/aromatic N) is 3. The van der Waals surface area contributed by atoms with Crippen LogP contribution in [-0.2, 0) is 4.79 Å². The largest absolute Gasteiger partial charge is 0.508 e. The Morgan fingerprint density at radius 3 is 2.32 bits per heavy atom. The van der Waals surface area contributed by atoms with Crippen molar-refractivity contribution in [1.29, 1.82) is 0 Å². The fourth-order valence-corrected chi connectivity index (χ4v) is 3.42. The molecule has 1 unspecified atom stereocenters. The lowest BCUT2D eigenvalue weighted by Crippen LogP contribution is -2.50. The van der Waals surface area contributed by atoms with Crippen LogP contribution in [0.2, 0.25) is 0 Å². The molecule has 0 saturated carbocycles. The number of phenols is 1. The van der Waals surface area contributed by atoms with Crippen molar-refractivity contribution in [1.82, 2.24) is 9.88 Å². The number of piperazine rings is 1. The SMILES string of the molecule is CC(C)C(C(=O)N1CCN(c2ccc(O)cc2)CC1)c1cccnc1. The van der Waals surface area contributed by atoms with Gasteiger partial charge >= 0.3 is 0 Å². The minimum atomic E-state index is -0.145. The van der Waals surface area contributed by atoms with Crippen molar-refractivity contribution in [2.45, 2.75) is 19.8 Å². The topological polar surface area (TPSA) is 56.7 Å². The van der Waals surface area contributed by atoms with E-state index in [-0.39, 0.29) is 23.5 Å². The van der Waals surface area contributed by atoms with Crippen molar-refractivity contribution in [3.63, 3.8) is 0 Å². The summed E-state index contributed by atoms with van der Waals surface area (Å²) < 4.78 is 0. The molecule has 1 amide bonds. The predicted molar refractivity (Wildman–Crippen MR) is 98.7 cm³/mol. The number of aromatic hydroxyl groups is 1. The second-order valence-electron chi connectivity index (χ2n) is 6.84. The van der Waals surface area contributed by atoms with Crippen LogP contribution >= 0.6 is 0 Å². The zero-order valence-electron chi connectivity index (χ0n) is 14.8. The highest BCUT2D eigenvalue weighted by atomic mass is 16.3. The highest BCUT2D eigenvalue weighted by molar-refractivity contribution is 5.84. The van der Waals surface area contributed by atoms with E-state index in [0.29, 0.717) is 13.1 Å². The van der Waals surface area contributed by atoms with Crippen LogP contribution in [0, 0.1) is 5.92 Å². The third-order valence-electron chi connectivity index (χ3n) is 4.78. The van der Waals surface area contributed by atoms with Gasteiger partial charge in [-0.25, -0.2) is 0 Å². The van der Waals surface area contributed by atoms with Gasteiger partial charge in [-0.1, -0.05) is 19.9 Å². The number of phenolic OH excluding ortho intramolecular Hbond substituents is 1. The van der Waals surface area contributed by atoms with Gasteiger partial charge in [0, 0.05) is 44.3 Å². The van der Waals surface area contributed by atoms with E-state index in [1.807, 2.05) is 29.2 Å². The molecule has 1 atom stereocenters. The van der Waals surface area contributed by atoms with E-state index in [1.165, 1.54) is 0 Å². The standard InChI is InChI=1S/C20H25N3O2/c1-15(2)19(16-4-3-9-21-14-16)20(25)23-12-10-22(11-13-23)17-5-7-18(24)8-6-17/h3-9,14-15,19,24H,10-13H2,1-2H3. The van der Waals surface area contributed by atoms with Crippen LogP contribution in [-0.4, -0.2) is 47.1 Å². The quantitative estimate of drug-likeness (QED) is 0.931. The average molecular weight is 339 g/mol. The van der Waals surface area contributed by atoms with Crippen molar-refractivity contribution in [3.05, 3.63) is 54.4 Å². The van der Waals surface area contributed by atoms with E-state index in [2.05, 4.69) is 23.7 Å². The maximum absolute atomic E-state index is 13.1. The van der Waals surface area contributed by atoms with E-state index in [9.17, 15) is 9.90 Å². The first-order chi connectivity index (χ1) is 12.1. The smallest absolute Gasteiger partial charge is 0.230 e. The molecule has 0 spiro atoms. The zero-order valence-corrected chi connectivity index (χ0v) is 14.8. The summed E-state index contributed by atoms with van der Waals surface area (Å²) in [4.78, 5) is 21.5. The van der Waals surface area contributed by atoms with Crippen LogP contribution in [0.15, 0.2) is 48.8 Å². The number of carbonyl (C=O) groups excluding carboxylic acids is 1. The molecule has 2 aromatic rings. The van der Waals surface area contributed by atoms with Crippen LogP contribution in [0.25, 0.3) is 0 Å². The predicted octanol–water partition coefficient (Wildman–Crippen LogP) is 2.88. The number of aromatic nitrogens is 1. The summed E-state index contributed by atoms with van der Waals surface area (Å²) in [6.07, 6.45) is 3.54. The fraction of sp³-hybridized carbons (Fsp3) is 0.400. The maximum atomic E-state index is 13.1. The fourth-order valence-electron chi connectivity index (χ4n) is 3.42. The molecule has 1 aliphatic heterocycles. The van der Waals surface area contributed by atoms with E-state index in [1.54, 1.807) is 24.5 Å². The molecule has 1 aliphatic rings. The van der Waals surface area contributed by atoms with E-state index < -0.39 is 0 Å². The van der Waals surface area contributed by atoms with Gasteiger partial charge in [0.25, 0.3) is 0 Å². The number of hydrogen-bond donors (Lipinski definition) is 1. The Morgan fingerprint density at radius 1 is 1.08 bits per heavy atom. The third-order valence-corrected chi connectivity index (χ3v) is 4.78. The molecular formula is C20H25N3O2. The lowest BCUT2D eigenvalue weighted by atomic mass is 9.88. The molecule has 5 nitrogen and oxygen atoms in total. The van der Waals surface area contributed by atoms with Crippen LogP contribution in [0.3, 0.4) is 0 Å². The molecule has 0 aliphatic carbocycles. The minimum Gasteiger partial charge on any atom is -0.508 e. The summed E-state index contributed by atoms with van der Waals surface area (Å²) in [7, 11) is 0. The van der Waals surface area contributed by atoms with Crippen molar-refractivity contribution in [3.8, 4) is 5.75 Å². The van der Waals surface area contributed by atoms with Gasteiger partial charge in [0.2, 0.25) is 5.91 Å². The number of benzene rings is 1. The Labute approximate surface area is 148 Å². The lowest BCUT2D eigenvalue weighted by molar-refractivity contribution is -0.134. The van der Waals surface area contributed by atoms with Gasteiger partial charge in [-0.05, 0) is 41.8 Å². The van der Waals surface area contributed by atoms with Gasteiger partial charge in [0.1, 0.15) is 5.75 Å². The molecule has 5 heteroatoms. The summed E-state index contributed by atoms with van der Waals surface area (Å²) in [5.74, 6) is 0.544. The van der Waals surface area contributed by atoms with Crippen LogP contribution in [0.1, 0.15) is 25.3 Å². The molecule has 25 heavy (non-hydrogen) atoms. The minimum absolute atomic E-state index is 0.145. The summed E-state index contributed by atoms with van der Waals surface area (Å²) in [5.41, 5.74) is 2.07. The molecule has 0 bridgehead atoms. The van der Waals surface area contributed by atoms with Gasteiger partial charge in [-0.3, -0.25) is 9.78 Å². The van der Waals surface area contributed by atoms with Crippen LogP contribution < -0.4 is 4.90 Å². The highest BCUT2D eigenvalue weighted by Crippen LogP contribution is 2.27. The monoisotopic (exact) mass is 339 g/mol. The molecule has 3 rings (SSSR count). The Bertz CT molecular complexity index is 693. The normalized spacial score (nSPS) is 16.1. The van der Waals surface area contributed by atoms with E-state index >= 15 is 0 Å². The van der Waals surface area contributed by atoms with Gasteiger partial charge < -0.3 is 14.9 Å². The second kappa shape index (κ2) is 7.55. The summed E-state index contributed by atoms with van der Waals surface area (Å²) in [5, 5.41) is 9.41. The van der Waals surface area contributed by atoms with Crippen molar-refractivity contribution in [2.75, 3.05) is 31.1 Å². The average Bonchev–Trinajstić information content (AvgIpc) is 2.63. The van der Waals surface area contributed by atoms with Gasteiger partial charge in [0.05, 0.1) is 5.92 Å². The molecule has 1 fully saturated rings. The van der Waals surface area contributed by atoms with E-state index in [4.69, 9.17) is 0 Å². The molecule has 2 heterocycles. The van der Waals surface area contributed by atoms with E-state index in [0.717, 1.165) is 24.3 Å². The van der Waals surface area contributed by atoms with Gasteiger partial charge in [-0.2, -0.15) is 0 Å². The number of hydrogen-bond acceptors (Lipinski definition) is 4. The highest BCUT2D eigenvalue weighted by Gasteiger charge is 2.30. The molecule has 1 N–H and O–H groups in total. The van der Waals surface area contributed by atoms with Crippen LogP contribution in [0.5, 0.6) is 5.75 Å². The summed E-state index contributed by atoms with van der Waals surface area (Å²) in [6.45, 7) is 7.19. The Kier molecular flexibility index (Phi) is 5.22. The molecule has 0 radical (unpaired) electrons. The van der Waals surface area contributed by atoms with Crippen molar-refractivity contribution >= 4 is 11.6 Å². The zero-order chi connectivity index (χ0) is 17.8. The molecular weight excluding hydrogens is 314 g/mol. The first kappa shape index (κ1) is 17.3. The van der Waals surface area contributed by atoms with Gasteiger partial charge in [-0.15, -0.1) is 0 Å². The third kappa shape index (κ3) is 3.92. The first-order valence-electron chi connectivity index (χ1n) is 8.79. The molecule has 1 saturated heterocycles. The number of pyridine rings is 1. The second-order valence-corrected chi connectivity index (χ2v) is 6.84. The number of amides is 1. The van der Waals surface area contributed by atoms with Crippen molar-refractivity contribution < 1.29 is 9.90 Å². The summed E-state index contributed by atoms with van der Waals surface area (Å²) in [6, 6.07) is 11.1. The van der Waals surface area contributed by atoms with Crippen LogP contribution in [0.4, 0.5) is 5.69 Å². The summed E-state index contributed by atoms with van der Waals surface area (Å²) >= 11 is 0. The number of carbonyl (C=O) groups is 1. The molecule has 132 valence electrons. The molecule has 1 aromatic carbocycles. The Balaban J connectivity index is 1.67. The number of rotatable bonds is 4. The molecule has 1 aromatic heterocycles. The Morgan fingerprint density at radius 2 is 1.76 bits per heavy atom. The Hall–Kier alpha value is -2.56. The lowest BCUT2D eigenvalue weighted by Gasteiger charge is -2.38. The van der Waals surface area contributed by atoms with Crippen molar-refractivity contribution in [2.24, 2.45) is 5.92 Å². The first-order valence-corrected chi connectivity index (χ1v) is 8.79. The maximum Gasteiger partial charge on any atom is 0.230 e.